The molecule has 4 rings (SSSR count). The van der Waals surface area contributed by atoms with E-state index >= 15 is 0 Å². The third kappa shape index (κ3) is 2.83. The molecule has 7 heteroatoms. The summed E-state index contributed by atoms with van der Waals surface area (Å²) in [5.74, 6) is 0.251. The van der Waals surface area contributed by atoms with Crippen molar-refractivity contribution in [3.05, 3.63) is 60.0 Å². The van der Waals surface area contributed by atoms with E-state index < -0.39 is 0 Å². The normalized spacial score (nSPS) is 10.9. The average molecular weight is 353 g/mol. The first-order valence-corrected chi connectivity index (χ1v) is 7.86. The van der Waals surface area contributed by atoms with Crippen LogP contribution in [0.15, 0.2) is 55.0 Å². The number of phenols is 2. The number of H-pyrrole nitrogens is 1. The third-order valence-corrected chi connectivity index (χ3v) is 4.08. The molecule has 0 bridgehead atoms. The highest BCUT2D eigenvalue weighted by atomic mass is 35.5. The lowest BCUT2D eigenvalue weighted by molar-refractivity contribution is 0.404. The minimum Gasteiger partial charge on any atom is -0.504 e. The van der Waals surface area contributed by atoms with Crippen molar-refractivity contribution in [1.82, 2.24) is 15.0 Å². The maximum Gasteiger partial charge on any atom is 0.158 e. The lowest BCUT2D eigenvalue weighted by Gasteiger charge is -2.09. The van der Waals surface area contributed by atoms with Gasteiger partial charge in [-0.25, -0.2) is 9.97 Å². The van der Waals surface area contributed by atoms with Crippen molar-refractivity contribution in [2.45, 2.75) is 0 Å². The zero-order valence-electron chi connectivity index (χ0n) is 12.9. The largest absolute Gasteiger partial charge is 0.504 e. The molecule has 0 aliphatic heterocycles. The summed E-state index contributed by atoms with van der Waals surface area (Å²) in [5.41, 5.74) is 2.98. The second-order valence-electron chi connectivity index (χ2n) is 5.49. The van der Waals surface area contributed by atoms with Crippen molar-refractivity contribution in [3.8, 4) is 22.6 Å². The zero-order valence-corrected chi connectivity index (χ0v) is 13.6. The van der Waals surface area contributed by atoms with Crippen LogP contribution in [0.2, 0.25) is 5.02 Å². The van der Waals surface area contributed by atoms with Gasteiger partial charge in [-0.05, 0) is 35.9 Å². The minimum atomic E-state index is -0.187. The lowest BCUT2D eigenvalue weighted by atomic mass is 10.1. The maximum atomic E-state index is 9.78. The van der Waals surface area contributed by atoms with Gasteiger partial charge in [-0.3, -0.25) is 0 Å². The molecule has 0 unspecified atom stereocenters. The van der Waals surface area contributed by atoms with E-state index in [0.29, 0.717) is 16.5 Å². The minimum absolute atomic E-state index is 0.169. The van der Waals surface area contributed by atoms with Gasteiger partial charge in [0.05, 0.1) is 5.39 Å². The molecule has 25 heavy (non-hydrogen) atoms. The molecule has 0 radical (unpaired) electrons. The number of hydrogen-bond acceptors (Lipinski definition) is 5. The van der Waals surface area contributed by atoms with Gasteiger partial charge in [-0.2, -0.15) is 0 Å². The first kappa shape index (κ1) is 15.3. The first-order chi connectivity index (χ1) is 12.1. The van der Waals surface area contributed by atoms with Crippen molar-refractivity contribution in [2.24, 2.45) is 0 Å². The van der Waals surface area contributed by atoms with E-state index in [0.717, 1.165) is 22.2 Å². The molecule has 6 nitrogen and oxygen atoms in total. The number of hydrogen-bond donors (Lipinski definition) is 4. The highest BCUT2D eigenvalue weighted by Gasteiger charge is 2.14. The van der Waals surface area contributed by atoms with Crippen molar-refractivity contribution >= 4 is 34.1 Å². The summed E-state index contributed by atoms with van der Waals surface area (Å²) >= 11 is 6.04. The third-order valence-electron chi connectivity index (χ3n) is 3.84. The highest BCUT2D eigenvalue weighted by Crippen LogP contribution is 2.36. The number of halogens is 1. The van der Waals surface area contributed by atoms with Crippen LogP contribution in [0.3, 0.4) is 0 Å². The lowest BCUT2D eigenvalue weighted by Crippen LogP contribution is -1.95. The fraction of sp³-hybridized carbons (Fsp3) is 0. The molecule has 2 heterocycles. The Balaban J connectivity index is 1.85. The molecule has 0 saturated carbocycles. The van der Waals surface area contributed by atoms with E-state index in [4.69, 9.17) is 11.6 Å². The molecule has 0 amide bonds. The number of phenolic OH excluding ortho intramolecular Hbond substituents is 2. The topological polar surface area (TPSA) is 94.1 Å². The predicted molar refractivity (Wildman–Crippen MR) is 97.4 cm³/mol. The van der Waals surface area contributed by atoms with Crippen LogP contribution in [0.1, 0.15) is 0 Å². The standard InChI is InChI=1S/C18H13ClN4O2/c19-11-2-1-3-12(7-11)23-18-16-13(8-20-17(16)21-9-22-18)10-4-5-14(24)15(25)6-10/h1-9,24-25H,(H2,20,21,22,23). The van der Waals surface area contributed by atoms with Crippen LogP contribution in [0.25, 0.3) is 22.2 Å². The molecule has 2 aromatic heterocycles. The fourth-order valence-electron chi connectivity index (χ4n) is 2.68. The maximum absolute atomic E-state index is 9.78. The Morgan fingerprint density at radius 3 is 2.68 bits per heavy atom. The smallest absolute Gasteiger partial charge is 0.158 e. The Labute approximate surface area is 147 Å². The SMILES string of the molecule is Oc1ccc(-c2c[nH]c3ncnc(Nc4cccc(Cl)c4)c23)cc1O. The summed E-state index contributed by atoms with van der Waals surface area (Å²) in [4.78, 5) is 11.7. The Bertz CT molecular complexity index is 1080. The number of aromatic amines is 1. The number of benzene rings is 2. The Morgan fingerprint density at radius 2 is 1.88 bits per heavy atom. The van der Waals surface area contributed by atoms with E-state index in [1.165, 1.54) is 18.5 Å². The monoisotopic (exact) mass is 352 g/mol. The van der Waals surface area contributed by atoms with E-state index in [1.807, 2.05) is 12.1 Å². The summed E-state index contributed by atoms with van der Waals surface area (Å²) in [6.45, 7) is 0. The van der Waals surface area contributed by atoms with Crippen molar-refractivity contribution in [1.29, 1.82) is 0 Å². The number of fused-ring (bicyclic) bond motifs is 1. The van der Waals surface area contributed by atoms with Crippen LogP contribution < -0.4 is 5.32 Å². The highest BCUT2D eigenvalue weighted by molar-refractivity contribution is 6.30. The van der Waals surface area contributed by atoms with Gasteiger partial charge in [0.2, 0.25) is 0 Å². The Kier molecular flexibility index (Phi) is 3.66. The van der Waals surface area contributed by atoms with Crippen LogP contribution >= 0.6 is 11.6 Å². The molecule has 0 atom stereocenters. The summed E-state index contributed by atoms with van der Waals surface area (Å²) in [7, 11) is 0. The first-order valence-electron chi connectivity index (χ1n) is 7.49. The van der Waals surface area contributed by atoms with E-state index in [2.05, 4.69) is 20.3 Å². The quantitative estimate of drug-likeness (QED) is 0.409. The average Bonchev–Trinajstić information content (AvgIpc) is 3.03. The fourth-order valence-corrected chi connectivity index (χ4v) is 2.87. The number of aromatic hydroxyl groups is 2. The number of anilines is 2. The molecule has 0 fully saturated rings. The molecule has 4 aromatic rings. The molecule has 2 aromatic carbocycles. The van der Waals surface area contributed by atoms with E-state index in [1.54, 1.807) is 24.4 Å². The summed E-state index contributed by atoms with van der Waals surface area (Å²) < 4.78 is 0. The summed E-state index contributed by atoms with van der Waals surface area (Å²) in [5, 5.41) is 23.9. The molecule has 0 saturated heterocycles. The van der Waals surface area contributed by atoms with Crippen molar-refractivity contribution in [2.75, 3.05) is 5.32 Å². The second-order valence-corrected chi connectivity index (χ2v) is 5.92. The van der Waals surface area contributed by atoms with Gasteiger partial charge in [0.25, 0.3) is 0 Å². The Morgan fingerprint density at radius 1 is 1.00 bits per heavy atom. The second kappa shape index (κ2) is 5.99. The number of nitrogens with zero attached hydrogens (tertiary/aromatic N) is 2. The molecule has 0 aliphatic rings. The number of nitrogens with one attached hydrogen (secondary N) is 2. The molecular weight excluding hydrogens is 340 g/mol. The van der Waals surface area contributed by atoms with Gasteiger partial charge in [0.15, 0.2) is 11.5 Å². The van der Waals surface area contributed by atoms with Crippen LogP contribution in [0, 0.1) is 0 Å². The Hall–Kier alpha value is -3.25. The summed E-state index contributed by atoms with van der Waals surface area (Å²) in [6.07, 6.45) is 3.25. The number of rotatable bonds is 3. The van der Waals surface area contributed by atoms with Gasteiger partial charge >= 0.3 is 0 Å². The van der Waals surface area contributed by atoms with Gasteiger partial charge in [0, 0.05) is 22.5 Å². The molecule has 124 valence electrons. The van der Waals surface area contributed by atoms with Crippen LogP contribution in [0.4, 0.5) is 11.5 Å². The number of aromatic nitrogens is 3. The zero-order chi connectivity index (χ0) is 17.4. The van der Waals surface area contributed by atoms with Gasteiger partial charge in [-0.15, -0.1) is 0 Å². The molecule has 4 N–H and O–H groups in total. The van der Waals surface area contributed by atoms with Crippen LogP contribution in [-0.4, -0.2) is 25.2 Å². The van der Waals surface area contributed by atoms with Crippen LogP contribution in [-0.2, 0) is 0 Å². The van der Waals surface area contributed by atoms with Crippen molar-refractivity contribution < 1.29 is 10.2 Å². The molecule has 0 spiro atoms. The van der Waals surface area contributed by atoms with Crippen molar-refractivity contribution in [3.63, 3.8) is 0 Å². The van der Waals surface area contributed by atoms with Gasteiger partial charge in [0.1, 0.15) is 17.8 Å². The van der Waals surface area contributed by atoms with E-state index in [9.17, 15) is 10.2 Å². The summed E-state index contributed by atoms with van der Waals surface area (Å²) in [6, 6.07) is 12.0. The van der Waals surface area contributed by atoms with E-state index in [-0.39, 0.29) is 11.5 Å². The molecule has 0 aliphatic carbocycles. The van der Waals surface area contributed by atoms with Gasteiger partial charge in [-0.1, -0.05) is 23.7 Å². The predicted octanol–water partition coefficient (Wildman–Crippen LogP) is 4.43. The molecular formula is C18H13ClN4O2. The van der Waals surface area contributed by atoms with Crippen LogP contribution in [0.5, 0.6) is 11.5 Å². The van der Waals surface area contributed by atoms with Gasteiger partial charge < -0.3 is 20.5 Å².